The number of pyridine rings is 2. The molecule has 0 unspecified atom stereocenters. The van der Waals surface area contributed by atoms with Gasteiger partial charge in [0, 0.05) is 12.4 Å². The molecule has 0 N–H and O–H groups in total. The molecule has 0 saturated carbocycles. The first-order chi connectivity index (χ1) is 9.67. The summed E-state index contributed by atoms with van der Waals surface area (Å²) >= 11 is -12.1. The second-order valence-electron chi connectivity index (χ2n) is 3.31. The van der Waals surface area contributed by atoms with Gasteiger partial charge >= 0.3 is 70.4 Å². The predicted octanol–water partition coefficient (Wildman–Crippen LogP) is -0.786. The molecule has 0 atom stereocenters. The van der Waals surface area contributed by atoms with Crippen LogP contribution in [0.4, 0.5) is 0 Å². The maximum Gasteiger partial charge on any atom is 0.0886 e. The Labute approximate surface area is 140 Å². The summed E-state index contributed by atoms with van der Waals surface area (Å²) in [5.74, 6) is 0. The summed E-state index contributed by atoms with van der Waals surface area (Å²) < 4.78 is 58.9. The monoisotopic (exact) mass is 431 g/mol. The standard InChI is InChI=1S/C10H8N2.Co.2Cr.7O/c1-3-7-11-9(5-1)10-6-2-4-8-12-10;;;;;;;;;;/h1-8H;;;;;;;;;;/q;+2;;;;;;;;2*-1. The molecule has 22 heavy (non-hydrogen) atoms. The molecule has 0 aliphatic rings. The van der Waals surface area contributed by atoms with Crippen LogP contribution in [0, 0.1) is 0 Å². The zero-order valence-electron chi connectivity index (χ0n) is 10.5. The van der Waals surface area contributed by atoms with Crippen molar-refractivity contribution in [2.45, 2.75) is 0 Å². The molecule has 1 radical (unpaired) electrons. The Kier molecular flexibility index (Phi) is 8.73. The molecule has 2 aromatic heterocycles. The van der Waals surface area contributed by atoms with E-state index in [9.17, 15) is 23.5 Å². The van der Waals surface area contributed by atoms with Crippen molar-refractivity contribution >= 4 is 0 Å². The average molecular weight is 431 g/mol. The summed E-state index contributed by atoms with van der Waals surface area (Å²) in [6.07, 6.45) is 3.54. The third kappa shape index (κ3) is 9.81. The number of rotatable bonds is 3. The zero-order valence-corrected chi connectivity index (χ0v) is 14.1. The van der Waals surface area contributed by atoms with Crippen molar-refractivity contribution in [2.75, 3.05) is 0 Å². The van der Waals surface area contributed by atoms with Gasteiger partial charge < -0.3 is 0 Å². The van der Waals surface area contributed by atoms with Gasteiger partial charge in [-0.3, -0.25) is 9.97 Å². The van der Waals surface area contributed by atoms with Crippen LogP contribution in [0.5, 0.6) is 0 Å². The third-order valence-electron chi connectivity index (χ3n) is 1.76. The van der Waals surface area contributed by atoms with Crippen LogP contribution in [0.3, 0.4) is 0 Å². The van der Waals surface area contributed by atoms with E-state index < -0.39 is 27.2 Å². The smallest absolute Gasteiger partial charge is 0.0886 e. The summed E-state index contributed by atoms with van der Waals surface area (Å²) in [7, 11) is 0. The van der Waals surface area contributed by atoms with Gasteiger partial charge in [-0.05, 0) is 24.3 Å². The molecule has 0 fully saturated rings. The fourth-order valence-electron chi connectivity index (χ4n) is 1.13. The molecular formula is C10H8CoCr2N2O7. The molecule has 0 saturated heterocycles. The van der Waals surface area contributed by atoms with Gasteiger partial charge in [-0.1, -0.05) is 12.1 Å². The molecular weight excluding hydrogens is 423 g/mol. The van der Waals surface area contributed by atoms with E-state index in [-0.39, 0.29) is 16.8 Å². The molecule has 0 bridgehead atoms. The Morgan fingerprint density at radius 2 is 1.14 bits per heavy atom. The van der Waals surface area contributed by atoms with Gasteiger partial charge in [0.15, 0.2) is 0 Å². The van der Waals surface area contributed by atoms with Crippen molar-refractivity contribution in [3.05, 3.63) is 48.8 Å². The van der Waals surface area contributed by atoms with Crippen molar-refractivity contribution in [1.82, 2.24) is 9.97 Å². The van der Waals surface area contributed by atoms with E-state index in [4.69, 9.17) is 0 Å². The van der Waals surface area contributed by atoms with Crippen molar-refractivity contribution in [3.8, 4) is 11.4 Å². The van der Waals surface area contributed by atoms with E-state index in [1.54, 1.807) is 12.4 Å². The molecule has 0 aromatic carbocycles. The number of hydrogen-bond donors (Lipinski definition) is 0. The molecule has 0 amide bonds. The second kappa shape index (κ2) is 9.17. The molecule has 0 spiro atoms. The first-order valence-electron chi connectivity index (χ1n) is 5.12. The summed E-state index contributed by atoms with van der Waals surface area (Å²) in [6, 6.07) is 11.6. The molecule has 2 rings (SSSR count). The summed E-state index contributed by atoms with van der Waals surface area (Å²) in [5.41, 5.74) is 1.83. The normalized spacial score (nSPS) is 10.8. The minimum atomic E-state index is -6.07. The molecule has 2 aromatic rings. The van der Waals surface area contributed by atoms with E-state index in [2.05, 4.69) is 12.8 Å². The Bertz CT molecular complexity index is 700. The summed E-state index contributed by atoms with van der Waals surface area (Å²) in [4.78, 5) is 8.37. The molecule has 2 heterocycles. The SMILES string of the molecule is [Co+2].[O]=[Cr](=[O])([O-])[O][Cr](=[O])(=[O])[O-].c1ccc(-c2ccccn2)nc1. The zero-order chi connectivity index (χ0) is 15.9. The van der Waals surface area contributed by atoms with E-state index in [1.807, 2.05) is 36.4 Å². The van der Waals surface area contributed by atoms with Crippen molar-refractivity contribution < 1.29 is 70.4 Å². The van der Waals surface area contributed by atoms with E-state index in [1.165, 1.54) is 0 Å². The molecule has 9 nitrogen and oxygen atoms in total. The quantitative estimate of drug-likeness (QED) is 0.610. The molecule has 12 heteroatoms. The minimum absolute atomic E-state index is 0. The van der Waals surface area contributed by atoms with Gasteiger partial charge in [-0.15, -0.1) is 0 Å². The second-order valence-corrected chi connectivity index (χ2v) is 6.95. The predicted molar refractivity (Wildman–Crippen MR) is 51.3 cm³/mol. The van der Waals surface area contributed by atoms with Crippen LogP contribution in [-0.4, -0.2) is 9.97 Å². The van der Waals surface area contributed by atoms with E-state index in [0.29, 0.717) is 0 Å². The van der Waals surface area contributed by atoms with Crippen LogP contribution in [0.1, 0.15) is 0 Å². The summed E-state index contributed by atoms with van der Waals surface area (Å²) in [6.45, 7) is 0. The number of hydrogen-bond acceptors (Lipinski definition) is 9. The van der Waals surface area contributed by atoms with Crippen LogP contribution >= 0.6 is 0 Å². The maximum atomic E-state index is 9.38. The number of nitrogens with zero attached hydrogens (tertiary/aromatic N) is 2. The topological polar surface area (TPSA) is 149 Å². The number of aromatic nitrogens is 2. The average Bonchev–Trinajstić information content (AvgIpc) is 2.37. The third-order valence-corrected chi connectivity index (χ3v) is 4.43. The van der Waals surface area contributed by atoms with Crippen molar-refractivity contribution in [2.24, 2.45) is 0 Å². The molecule has 121 valence electrons. The fourth-order valence-corrected chi connectivity index (χ4v) is 2.76. The first kappa shape index (κ1) is 21.0. The van der Waals surface area contributed by atoms with Crippen LogP contribution in [0.15, 0.2) is 48.8 Å². The van der Waals surface area contributed by atoms with Crippen LogP contribution < -0.4 is 8.32 Å². The Morgan fingerprint density at radius 1 is 0.773 bits per heavy atom. The first-order valence-corrected chi connectivity index (χ1v) is 9.29. The Hall–Kier alpha value is -1.05. The Balaban J connectivity index is 0.000000402. The maximum absolute atomic E-state index is 9.38. The summed E-state index contributed by atoms with van der Waals surface area (Å²) in [5, 5.41) is 0. The van der Waals surface area contributed by atoms with Crippen LogP contribution in [0.2, 0.25) is 0 Å². The van der Waals surface area contributed by atoms with Gasteiger partial charge in [-0.25, -0.2) is 0 Å². The minimum Gasteiger partial charge on any atom is -0.255 e. The molecule has 0 aliphatic heterocycles. The van der Waals surface area contributed by atoms with Gasteiger partial charge in [0.2, 0.25) is 0 Å². The van der Waals surface area contributed by atoms with Gasteiger partial charge in [0.25, 0.3) is 0 Å². The van der Waals surface area contributed by atoms with Crippen LogP contribution in [0.25, 0.3) is 11.4 Å². The van der Waals surface area contributed by atoms with Gasteiger partial charge in [0.05, 0.1) is 11.4 Å². The fraction of sp³-hybridized carbons (Fsp3) is 0. The van der Waals surface area contributed by atoms with E-state index >= 15 is 0 Å². The Morgan fingerprint density at radius 3 is 1.32 bits per heavy atom. The largest absolute Gasteiger partial charge is 0.255 e. The molecule has 0 aliphatic carbocycles. The van der Waals surface area contributed by atoms with Crippen molar-refractivity contribution in [3.63, 3.8) is 0 Å². The van der Waals surface area contributed by atoms with Gasteiger partial charge in [0.1, 0.15) is 0 Å². The van der Waals surface area contributed by atoms with Gasteiger partial charge in [-0.2, -0.15) is 0 Å². The van der Waals surface area contributed by atoms with Crippen LogP contribution in [-0.2, 0) is 62.1 Å². The van der Waals surface area contributed by atoms with E-state index in [0.717, 1.165) is 11.4 Å². The van der Waals surface area contributed by atoms with Crippen molar-refractivity contribution in [1.29, 1.82) is 0 Å².